The van der Waals surface area contributed by atoms with Gasteiger partial charge in [0.1, 0.15) is 11.4 Å². The molecule has 1 amide bonds. The fraction of sp³-hybridized carbons (Fsp3) is 0.267. The lowest BCUT2D eigenvalue weighted by Gasteiger charge is -2.15. The SMILES string of the molecule is O=C(Nc1ccccn1)c1cc2c([nH]c1=O)CCCC2. The Morgan fingerprint density at radius 1 is 1.25 bits per heavy atom. The van der Waals surface area contributed by atoms with Gasteiger partial charge in [-0.1, -0.05) is 6.07 Å². The lowest BCUT2D eigenvalue weighted by Crippen LogP contribution is -2.26. The summed E-state index contributed by atoms with van der Waals surface area (Å²) in [7, 11) is 0. The molecule has 0 spiro atoms. The van der Waals surface area contributed by atoms with Gasteiger partial charge in [0.15, 0.2) is 0 Å². The van der Waals surface area contributed by atoms with Gasteiger partial charge in [0, 0.05) is 11.9 Å². The molecule has 1 aliphatic rings. The van der Waals surface area contributed by atoms with Crippen molar-refractivity contribution in [3.05, 3.63) is 57.6 Å². The Kier molecular flexibility index (Phi) is 3.33. The standard InChI is InChI=1S/C15H15N3O2/c19-14-11(9-10-5-1-2-6-12(10)17-14)15(20)18-13-7-3-4-8-16-13/h3-4,7-9H,1-2,5-6H2,(H,17,19)(H,16,18,20). The van der Waals surface area contributed by atoms with E-state index < -0.39 is 5.91 Å². The summed E-state index contributed by atoms with van der Waals surface area (Å²) in [5.74, 6) is 0.0212. The summed E-state index contributed by atoms with van der Waals surface area (Å²) in [6.45, 7) is 0. The van der Waals surface area contributed by atoms with Gasteiger partial charge < -0.3 is 10.3 Å². The number of nitrogens with zero attached hydrogens (tertiary/aromatic N) is 1. The van der Waals surface area contributed by atoms with E-state index in [1.54, 1.807) is 30.5 Å². The minimum atomic E-state index is -0.418. The van der Waals surface area contributed by atoms with E-state index in [-0.39, 0.29) is 11.1 Å². The zero-order valence-electron chi connectivity index (χ0n) is 11.0. The number of hydrogen-bond acceptors (Lipinski definition) is 3. The van der Waals surface area contributed by atoms with Crippen LogP contribution in [0.5, 0.6) is 0 Å². The van der Waals surface area contributed by atoms with Crippen LogP contribution in [0, 0.1) is 0 Å². The summed E-state index contributed by atoms with van der Waals surface area (Å²) in [6, 6.07) is 6.94. The van der Waals surface area contributed by atoms with E-state index in [0.717, 1.165) is 36.9 Å². The molecule has 2 aromatic rings. The van der Waals surface area contributed by atoms with E-state index in [1.165, 1.54) is 0 Å². The predicted octanol–water partition coefficient (Wildman–Crippen LogP) is 1.90. The maximum absolute atomic E-state index is 12.1. The van der Waals surface area contributed by atoms with Crippen molar-refractivity contribution in [2.24, 2.45) is 0 Å². The first-order valence-corrected chi connectivity index (χ1v) is 6.71. The second-order valence-electron chi connectivity index (χ2n) is 4.89. The number of amides is 1. The molecule has 5 heteroatoms. The van der Waals surface area contributed by atoms with Gasteiger partial charge in [0.05, 0.1) is 0 Å². The molecular formula is C15H15N3O2. The topological polar surface area (TPSA) is 74.8 Å². The molecular weight excluding hydrogens is 254 g/mol. The second kappa shape index (κ2) is 5.28. The van der Waals surface area contributed by atoms with Crippen LogP contribution < -0.4 is 10.9 Å². The Bertz CT molecular complexity index is 692. The molecule has 0 saturated carbocycles. The minimum Gasteiger partial charge on any atom is -0.325 e. The van der Waals surface area contributed by atoms with Gasteiger partial charge in [-0.05, 0) is 49.4 Å². The van der Waals surface area contributed by atoms with Crippen molar-refractivity contribution in [2.45, 2.75) is 25.7 Å². The van der Waals surface area contributed by atoms with Crippen LogP contribution >= 0.6 is 0 Å². The van der Waals surface area contributed by atoms with Gasteiger partial charge >= 0.3 is 0 Å². The quantitative estimate of drug-likeness (QED) is 0.874. The lowest BCUT2D eigenvalue weighted by atomic mass is 9.95. The van der Waals surface area contributed by atoms with Gasteiger partial charge in [-0.15, -0.1) is 0 Å². The summed E-state index contributed by atoms with van der Waals surface area (Å²) >= 11 is 0. The Balaban J connectivity index is 1.90. The zero-order chi connectivity index (χ0) is 13.9. The highest BCUT2D eigenvalue weighted by atomic mass is 16.2. The highest BCUT2D eigenvalue weighted by molar-refractivity contribution is 6.03. The van der Waals surface area contributed by atoms with E-state index in [9.17, 15) is 9.59 Å². The average Bonchev–Trinajstić information content (AvgIpc) is 2.47. The number of aryl methyl sites for hydroxylation is 2. The van der Waals surface area contributed by atoms with Crippen molar-refractivity contribution in [3.63, 3.8) is 0 Å². The average molecular weight is 269 g/mol. The largest absolute Gasteiger partial charge is 0.325 e. The van der Waals surface area contributed by atoms with Crippen molar-refractivity contribution in [2.75, 3.05) is 5.32 Å². The summed E-state index contributed by atoms with van der Waals surface area (Å²) in [5.41, 5.74) is 1.85. The first kappa shape index (κ1) is 12.6. The molecule has 0 saturated heterocycles. The number of aromatic amines is 1. The number of rotatable bonds is 2. The molecule has 0 unspecified atom stereocenters. The van der Waals surface area contributed by atoms with E-state index >= 15 is 0 Å². The van der Waals surface area contributed by atoms with Crippen molar-refractivity contribution < 1.29 is 4.79 Å². The van der Waals surface area contributed by atoms with Crippen LogP contribution in [-0.4, -0.2) is 15.9 Å². The molecule has 0 atom stereocenters. The summed E-state index contributed by atoms with van der Waals surface area (Å²) < 4.78 is 0. The number of aromatic nitrogens is 2. The normalized spacial score (nSPS) is 13.6. The number of pyridine rings is 2. The maximum Gasteiger partial charge on any atom is 0.262 e. The van der Waals surface area contributed by atoms with Gasteiger partial charge in [-0.3, -0.25) is 9.59 Å². The molecule has 3 rings (SSSR count). The lowest BCUT2D eigenvalue weighted by molar-refractivity contribution is 0.102. The molecule has 0 radical (unpaired) electrons. The minimum absolute atomic E-state index is 0.149. The van der Waals surface area contributed by atoms with E-state index in [1.807, 2.05) is 0 Å². The highest BCUT2D eigenvalue weighted by Crippen LogP contribution is 2.18. The molecule has 1 aliphatic carbocycles. The monoisotopic (exact) mass is 269 g/mol. The van der Waals surface area contributed by atoms with E-state index in [0.29, 0.717) is 5.82 Å². The first-order valence-electron chi connectivity index (χ1n) is 6.71. The van der Waals surface area contributed by atoms with Crippen LogP contribution in [0.2, 0.25) is 0 Å². The molecule has 2 heterocycles. The third kappa shape index (κ3) is 2.47. The number of hydrogen-bond donors (Lipinski definition) is 2. The predicted molar refractivity (Wildman–Crippen MR) is 75.9 cm³/mol. The smallest absolute Gasteiger partial charge is 0.262 e. The Hall–Kier alpha value is -2.43. The molecule has 0 aliphatic heterocycles. The zero-order valence-corrected chi connectivity index (χ0v) is 11.0. The third-order valence-electron chi connectivity index (χ3n) is 3.49. The van der Waals surface area contributed by atoms with Gasteiger partial charge in [0.2, 0.25) is 0 Å². The Labute approximate surface area is 116 Å². The molecule has 5 nitrogen and oxygen atoms in total. The number of fused-ring (bicyclic) bond motifs is 1. The summed E-state index contributed by atoms with van der Waals surface area (Å²) in [5, 5.41) is 2.64. The van der Waals surface area contributed by atoms with Crippen LogP contribution in [0.3, 0.4) is 0 Å². The summed E-state index contributed by atoms with van der Waals surface area (Å²) in [6.07, 6.45) is 5.57. The van der Waals surface area contributed by atoms with Crippen LogP contribution in [0.1, 0.15) is 34.5 Å². The third-order valence-corrected chi connectivity index (χ3v) is 3.49. The number of nitrogens with one attached hydrogen (secondary N) is 2. The molecule has 2 N–H and O–H groups in total. The van der Waals surface area contributed by atoms with E-state index in [2.05, 4.69) is 15.3 Å². The number of carbonyl (C=O) groups is 1. The first-order chi connectivity index (χ1) is 9.74. The van der Waals surface area contributed by atoms with E-state index in [4.69, 9.17) is 0 Å². The van der Waals surface area contributed by atoms with Crippen molar-refractivity contribution in [3.8, 4) is 0 Å². The van der Waals surface area contributed by atoms with Crippen LogP contribution in [0.25, 0.3) is 0 Å². The van der Waals surface area contributed by atoms with Gasteiger partial charge in [-0.25, -0.2) is 4.98 Å². The van der Waals surface area contributed by atoms with Gasteiger partial charge in [-0.2, -0.15) is 0 Å². The summed E-state index contributed by atoms with van der Waals surface area (Å²) in [4.78, 5) is 31.0. The second-order valence-corrected chi connectivity index (χ2v) is 4.89. The van der Waals surface area contributed by atoms with Gasteiger partial charge in [0.25, 0.3) is 11.5 Å². The Morgan fingerprint density at radius 2 is 2.10 bits per heavy atom. The number of anilines is 1. The van der Waals surface area contributed by atoms with Crippen LogP contribution in [-0.2, 0) is 12.8 Å². The number of H-pyrrole nitrogens is 1. The fourth-order valence-corrected chi connectivity index (χ4v) is 2.46. The van der Waals surface area contributed by atoms with Crippen LogP contribution in [0.15, 0.2) is 35.3 Å². The molecule has 0 aromatic carbocycles. The molecule has 0 bridgehead atoms. The van der Waals surface area contributed by atoms with Crippen molar-refractivity contribution in [1.29, 1.82) is 0 Å². The number of carbonyl (C=O) groups excluding carboxylic acids is 1. The molecule has 102 valence electrons. The maximum atomic E-state index is 12.1. The van der Waals surface area contributed by atoms with Crippen molar-refractivity contribution >= 4 is 11.7 Å². The molecule has 20 heavy (non-hydrogen) atoms. The van der Waals surface area contributed by atoms with Crippen molar-refractivity contribution in [1.82, 2.24) is 9.97 Å². The molecule has 2 aromatic heterocycles. The fourth-order valence-electron chi connectivity index (χ4n) is 2.46. The molecule has 0 fully saturated rings. The Morgan fingerprint density at radius 3 is 2.90 bits per heavy atom. The van der Waals surface area contributed by atoms with Crippen LogP contribution in [0.4, 0.5) is 5.82 Å². The highest BCUT2D eigenvalue weighted by Gasteiger charge is 2.17.